The lowest BCUT2D eigenvalue weighted by molar-refractivity contribution is 0.0866. The van der Waals surface area contributed by atoms with Crippen molar-refractivity contribution in [2.75, 3.05) is 19.5 Å². The van der Waals surface area contributed by atoms with Crippen LogP contribution in [-0.2, 0) is 4.74 Å². The third kappa shape index (κ3) is 2.41. The van der Waals surface area contributed by atoms with Crippen molar-refractivity contribution in [2.45, 2.75) is 25.5 Å². The maximum atomic E-state index is 12.1. The van der Waals surface area contributed by atoms with E-state index in [1.54, 1.807) is 18.2 Å². The van der Waals surface area contributed by atoms with Gasteiger partial charge in [0, 0.05) is 6.61 Å². The fraction of sp³-hybridized carbons (Fsp3) is 0.462. The third-order valence-corrected chi connectivity index (χ3v) is 3.22. The molecule has 3 N–H and O–H groups in total. The molecule has 5 nitrogen and oxygen atoms in total. The smallest absolute Gasteiger partial charge is 0.253 e. The van der Waals surface area contributed by atoms with E-state index in [2.05, 4.69) is 5.32 Å². The van der Waals surface area contributed by atoms with Crippen molar-refractivity contribution in [3.63, 3.8) is 0 Å². The van der Waals surface area contributed by atoms with E-state index < -0.39 is 0 Å². The molecule has 0 radical (unpaired) electrons. The Balaban J connectivity index is 2.13. The van der Waals surface area contributed by atoms with Gasteiger partial charge in [-0.05, 0) is 25.5 Å². The van der Waals surface area contributed by atoms with Gasteiger partial charge in [0.15, 0.2) is 0 Å². The molecule has 1 aliphatic rings. The summed E-state index contributed by atoms with van der Waals surface area (Å²) in [6.07, 6.45) is 0.873. The Morgan fingerprint density at radius 1 is 1.56 bits per heavy atom. The number of methoxy groups -OCH3 is 1. The van der Waals surface area contributed by atoms with E-state index >= 15 is 0 Å². The lowest BCUT2D eigenvalue weighted by Gasteiger charge is -2.17. The molecular weight excluding hydrogens is 232 g/mol. The molecule has 5 heteroatoms. The SMILES string of the molecule is COc1cccc(C(=O)NC2CCOC2C)c1N. The Kier molecular flexibility index (Phi) is 3.72. The van der Waals surface area contributed by atoms with Gasteiger partial charge < -0.3 is 20.5 Å². The lowest BCUT2D eigenvalue weighted by Crippen LogP contribution is -2.39. The number of nitrogens with two attached hydrogens (primary N) is 1. The highest BCUT2D eigenvalue weighted by Crippen LogP contribution is 2.25. The van der Waals surface area contributed by atoms with Crippen molar-refractivity contribution in [1.82, 2.24) is 5.32 Å². The van der Waals surface area contributed by atoms with Crippen LogP contribution >= 0.6 is 0 Å². The van der Waals surface area contributed by atoms with Crippen molar-refractivity contribution in [3.05, 3.63) is 23.8 Å². The van der Waals surface area contributed by atoms with Gasteiger partial charge in [-0.1, -0.05) is 6.07 Å². The number of para-hydroxylation sites is 1. The molecule has 1 saturated heterocycles. The molecule has 1 aromatic rings. The molecule has 0 aromatic heterocycles. The maximum Gasteiger partial charge on any atom is 0.253 e. The van der Waals surface area contributed by atoms with Crippen molar-refractivity contribution < 1.29 is 14.3 Å². The van der Waals surface area contributed by atoms with E-state index in [0.717, 1.165) is 6.42 Å². The molecule has 98 valence electrons. The molecule has 0 spiro atoms. The summed E-state index contributed by atoms with van der Waals surface area (Å²) in [5.41, 5.74) is 6.69. The monoisotopic (exact) mass is 250 g/mol. The van der Waals surface area contributed by atoms with Crippen molar-refractivity contribution >= 4 is 11.6 Å². The minimum atomic E-state index is -0.186. The van der Waals surface area contributed by atoms with Crippen molar-refractivity contribution in [3.8, 4) is 5.75 Å². The zero-order chi connectivity index (χ0) is 13.1. The predicted molar refractivity (Wildman–Crippen MR) is 68.7 cm³/mol. The number of rotatable bonds is 3. The summed E-state index contributed by atoms with van der Waals surface area (Å²) in [5, 5.41) is 2.94. The lowest BCUT2D eigenvalue weighted by atomic mass is 10.1. The van der Waals surface area contributed by atoms with E-state index in [9.17, 15) is 4.79 Å². The Hall–Kier alpha value is -1.75. The first-order chi connectivity index (χ1) is 8.63. The van der Waals surface area contributed by atoms with Crippen LogP contribution in [0.3, 0.4) is 0 Å². The summed E-state index contributed by atoms with van der Waals surface area (Å²) in [6.45, 7) is 2.63. The first-order valence-corrected chi connectivity index (χ1v) is 5.98. The molecule has 1 amide bonds. The fourth-order valence-corrected chi connectivity index (χ4v) is 2.09. The van der Waals surface area contributed by atoms with Crippen LogP contribution in [0.5, 0.6) is 5.75 Å². The first kappa shape index (κ1) is 12.7. The predicted octanol–water partition coefficient (Wildman–Crippen LogP) is 1.18. The van der Waals surface area contributed by atoms with Crippen LogP contribution in [0.2, 0.25) is 0 Å². The van der Waals surface area contributed by atoms with E-state index in [-0.39, 0.29) is 18.1 Å². The highest BCUT2D eigenvalue weighted by Gasteiger charge is 2.26. The number of hydrogen-bond acceptors (Lipinski definition) is 4. The van der Waals surface area contributed by atoms with Crippen LogP contribution in [0.1, 0.15) is 23.7 Å². The summed E-state index contributed by atoms with van der Waals surface area (Å²) >= 11 is 0. The number of nitrogens with one attached hydrogen (secondary N) is 1. The van der Waals surface area contributed by atoms with E-state index in [4.69, 9.17) is 15.2 Å². The number of carbonyl (C=O) groups is 1. The minimum Gasteiger partial charge on any atom is -0.495 e. The van der Waals surface area contributed by atoms with E-state index in [1.807, 2.05) is 6.92 Å². The first-order valence-electron chi connectivity index (χ1n) is 5.98. The number of amides is 1. The van der Waals surface area contributed by atoms with Crippen LogP contribution in [0.25, 0.3) is 0 Å². The number of nitrogen functional groups attached to an aromatic ring is 1. The van der Waals surface area contributed by atoms with Crippen LogP contribution < -0.4 is 15.8 Å². The molecule has 1 heterocycles. The molecule has 0 aliphatic carbocycles. The van der Waals surface area contributed by atoms with E-state index in [0.29, 0.717) is 23.6 Å². The minimum absolute atomic E-state index is 0.0424. The second-order valence-electron chi connectivity index (χ2n) is 4.37. The van der Waals surface area contributed by atoms with E-state index in [1.165, 1.54) is 7.11 Å². The topological polar surface area (TPSA) is 73.6 Å². The maximum absolute atomic E-state index is 12.1. The standard InChI is InChI=1S/C13H18N2O3/c1-8-10(6-7-18-8)15-13(16)9-4-3-5-11(17-2)12(9)14/h3-5,8,10H,6-7,14H2,1-2H3,(H,15,16). The van der Waals surface area contributed by atoms with Gasteiger partial charge in [-0.3, -0.25) is 4.79 Å². The molecular formula is C13H18N2O3. The second-order valence-corrected chi connectivity index (χ2v) is 4.37. The molecule has 0 bridgehead atoms. The van der Waals surface area contributed by atoms with Crippen molar-refractivity contribution in [1.29, 1.82) is 0 Å². The molecule has 2 unspecified atom stereocenters. The van der Waals surface area contributed by atoms with Gasteiger partial charge in [0.25, 0.3) is 5.91 Å². The average molecular weight is 250 g/mol. The van der Waals surface area contributed by atoms with Crippen molar-refractivity contribution in [2.24, 2.45) is 0 Å². The van der Waals surface area contributed by atoms with Gasteiger partial charge in [-0.2, -0.15) is 0 Å². The normalized spacial score (nSPS) is 22.8. The number of carbonyl (C=O) groups excluding carboxylic acids is 1. The van der Waals surface area contributed by atoms with Crippen LogP contribution in [0.15, 0.2) is 18.2 Å². The molecule has 2 atom stereocenters. The van der Waals surface area contributed by atoms with Crippen LogP contribution in [-0.4, -0.2) is 31.8 Å². The molecule has 1 fully saturated rings. The number of ether oxygens (including phenoxy) is 2. The quantitative estimate of drug-likeness (QED) is 0.790. The van der Waals surface area contributed by atoms with Gasteiger partial charge in [0.05, 0.1) is 30.5 Å². The Morgan fingerprint density at radius 2 is 2.33 bits per heavy atom. The second kappa shape index (κ2) is 5.27. The van der Waals surface area contributed by atoms with Gasteiger partial charge in [0.1, 0.15) is 5.75 Å². The largest absolute Gasteiger partial charge is 0.495 e. The molecule has 1 aromatic carbocycles. The molecule has 0 saturated carbocycles. The summed E-state index contributed by atoms with van der Waals surface area (Å²) < 4.78 is 10.5. The Labute approximate surface area is 106 Å². The zero-order valence-corrected chi connectivity index (χ0v) is 10.6. The van der Waals surface area contributed by atoms with Gasteiger partial charge in [-0.15, -0.1) is 0 Å². The third-order valence-electron chi connectivity index (χ3n) is 3.22. The average Bonchev–Trinajstić information content (AvgIpc) is 2.75. The number of hydrogen-bond donors (Lipinski definition) is 2. The van der Waals surface area contributed by atoms with Gasteiger partial charge in [0.2, 0.25) is 0 Å². The summed E-state index contributed by atoms with van der Waals surface area (Å²) in [7, 11) is 1.53. The Morgan fingerprint density at radius 3 is 2.94 bits per heavy atom. The summed E-state index contributed by atoms with van der Waals surface area (Å²) in [6, 6.07) is 5.21. The summed E-state index contributed by atoms with van der Waals surface area (Å²) in [4.78, 5) is 12.1. The Bertz CT molecular complexity index is 448. The van der Waals surface area contributed by atoms with Crippen LogP contribution in [0.4, 0.5) is 5.69 Å². The molecule has 1 aliphatic heterocycles. The summed E-state index contributed by atoms with van der Waals surface area (Å²) in [5.74, 6) is 0.326. The van der Waals surface area contributed by atoms with Gasteiger partial charge in [-0.25, -0.2) is 0 Å². The fourth-order valence-electron chi connectivity index (χ4n) is 2.09. The molecule has 2 rings (SSSR count). The zero-order valence-electron chi connectivity index (χ0n) is 10.6. The number of benzene rings is 1. The highest BCUT2D eigenvalue weighted by molar-refractivity contribution is 6.00. The number of anilines is 1. The highest BCUT2D eigenvalue weighted by atomic mass is 16.5. The molecule has 18 heavy (non-hydrogen) atoms. The van der Waals surface area contributed by atoms with Crippen LogP contribution in [0, 0.1) is 0 Å². The van der Waals surface area contributed by atoms with Gasteiger partial charge >= 0.3 is 0 Å².